The molecule has 0 atom stereocenters. The first kappa shape index (κ1) is 20.2. The van der Waals surface area contributed by atoms with Crippen molar-refractivity contribution in [2.45, 2.75) is 18.9 Å². The van der Waals surface area contributed by atoms with Gasteiger partial charge >= 0.3 is 0 Å². The summed E-state index contributed by atoms with van der Waals surface area (Å²) in [6, 6.07) is 6.03. The van der Waals surface area contributed by atoms with E-state index in [0.29, 0.717) is 18.8 Å². The van der Waals surface area contributed by atoms with E-state index in [1.54, 1.807) is 12.3 Å². The number of pyridine rings is 1. The van der Waals surface area contributed by atoms with Gasteiger partial charge < -0.3 is 14.9 Å². The van der Waals surface area contributed by atoms with Gasteiger partial charge in [-0.3, -0.25) is 4.79 Å². The van der Waals surface area contributed by atoms with Gasteiger partial charge in [0, 0.05) is 32.4 Å². The van der Waals surface area contributed by atoms with Gasteiger partial charge in [-0.1, -0.05) is 0 Å². The molecule has 5 rings (SSSR count). The number of rotatable bonds is 2. The van der Waals surface area contributed by atoms with Gasteiger partial charge in [-0.25, -0.2) is 17.7 Å². The Morgan fingerprint density at radius 1 is 1.00 bits per heavy atom. The highest BCUT2D eigenvalue weighted by atomic mass is 19.1. The molecule has 0 aliphatic carbocycles. The Morgan fingerprint density at radius 3 is 2.17 bits per heavy atom. The van der Waals surface area contributed by atoms with E-state index < -0.39 is 23.6 Å². The zero-order valence-electron chi connectivity index (χ0n) is 16.1. The molecule has 30 heavy (non-hydrogen) atoms. The van der Waals surface area contributed by atoms with Crippen LogP contribution in [0.5, 0.6) is 0 Å². The van der Waals surface area contributed by atoms with Crippen LogP contribution in [0.1, 0.15) is 23.2 Å². The van der Waals surface area contributed by atoms with E-state index in [1.807, 2.05) is 4.90 Å². The third-order valence-electron chi connectivity index (χ3n) is 5.23. The minimum Gasteiger partial charge on any atom is -0.389 e. The van der Waals surface area contributed by atoms with Gasteiger partial charge in [-0.15, -0.1) is 0 Å². The number of amides is 1. The number of aliphatic hydroxyl groups excluding tert-OH is 1. The summed E-state index contributed by atoms with van der Waals surface area (Å²) in [7, 11) is 0. The number of benzene rings is 1. The Labute approximate surface area is 171 Å². The Bertz CT molecular complexity index is 1020. The molecule has 2 aliphatic heterocycles. The number of carbonyl (C=O) groups excluding carboxylic acids is 1. The van der Waals surface area contributed by atoms with Crippen LogP contribution in [-0.2, 0) is 0 Å². The minimum absolute atomic E-state index is 0.218. The van der Waals surface area contributed by atoms with Crippen LogP contribution in [0.4, 0.5) is 18.9 Å². The van der Waals surface area contributed by atoms with Crippen molar-refractivity contribution in [3.8, 4) is 0 Å². The number of hydrogen-bond acceptors (Lipinski definition) is 4. The number of aliphatic hydroxyl groups is 1. The zero-order chi connectivity index (χ0) is 21.3. The highest BCUT2D eigenvalue weighted by molar-refractivity contribution is 6.01. The molecule has 0 bridgehead atoms. The molecule has 0 saturated carbocycles. The van der Waals surface area contributed by atoms with Crippen molar-refractivity contribution in [2.24, 2.45) is 0 Å². The van der Waals surface area contributed by atoms with Crippen molar-refractivity contribution in [1.29, 1.82) is 0 Å². The van der Waals surface area contributed by atoms with E-state index in [-0.39, 0.29) is 17.0 Å². The summed E-state index contributed by atoms with van der Waals surface area (Å²) in [5, 5.41) is 13.4. The Morgan fingerprint density at radius 2 is 1.60 bits per heavy atom. The predicted octanol–water partition coefficient (Wildman–Crippen LogP) is 2.86. The summed E-state index contributed by atoms with van der Waals surface area (Å²) < 4.78 is 40.2. The number of nitrogens with zero attached hydrogens (tertiary/aromatic N) is 4. The Hall–Kier alpha value is -3.07. The second kappa shape index (κ2) is 8.35. The number of carbonyl (C=O) groups is 1. The molecular formula is C21H21F3N4O2. The van der Waals surface area contributed by atoms with Crippen molar-refractivity contribution in [2.75, 3.05) is 31.1 Å². The van der Waals surface area contributed by atoms with E-state index in [4.69, 9.17) is 0 Å². The average molecular weight is 418 g/mol. The molecule has 3 aromatic rings. The largest absolute Gasteiger partial charge is 0.389 e. The summed E-state index contributed by atoms with van der Waals surface area (Å²) in [6.45, 7) is 2.26. The normalized spacial score (nSPS) is 16.4. The number of fused-ring (bicyclic) bond motifs is 1. The maximum Gasteiger partial charge on any atom is 0.257 e. The van der Waals surface area contributed by atoms with Crippen molar-refractivity contribution < 1.29 is 23.1 Å². The third-order valence-corrected chi connectivity index (χ3v) is 5.23. The Kier molecular flexibility index (Phi) is 5.63. The molecule has 0 radical (unpaired) electrons. The highest BCUT2D eigenvalue weighted by Crippen LogP contribution is 2.29. The first-order chi connectivity index (χ1) is 14.4. The first-order valence-corrected chi connectivity index (χ1v) is 9.73. The number of anilines is 1. The van der Waals surface area contributed by atoms with Crippen molar-refractivity contribution in [1.82, 2.24) is 14.5 Å². The van der Waals surface area contributed by atoms with E-state index in [1.165, 1.54) is 15.6 Å². The predicted molar refractivity (Wildman–Crippen MR) is 105 cm³/mol. The number of hydrogen-bond donors (Lipinski definition) is 1. The fraction of sp³-hybridized carbons (Fsp3) is 0.333. The zero-order valence-corrected chi connectivity index (χ0v) is 16.1. The van der Waals surface area contributed by atoms with Crippen LogP contribution in [0.15, 0.2) is 42.7 Å². The van der Waals surface area contributed by atoms with Gasteiger partial charge in [0.1, 0.15) is 17.2 Å². The molecule has 2 aromatic heterocycles. The standard InChI is InChI=1S/C15H17FN4O2.C6H4F2/c16-13-12(18-4-1-2-5-18)3-6-20-14(13)11(7-17-20)15(22)19-8-10(21)9-19;7-5-1-2-6(8)4-3-5/h3,6-7,10,21H,1-2,4-5,8-9H2;1-4H. The number of halogens is 3. The van der Waals surface area contributed by atoms with Crippen LogP contribution in [0.2, 0.25) is 0 Å². The topological polar surface area (TPSA) is 61.1 Å². The molecule has 9 heteroatoms. The molecule has 0 unspecified atom stereocenters. The summed E-state index contributed by atoms with van der Waals surface area (Å²) in [5.74, 6) is -1.50. The smallest absolute Gasteiger partial charge is 0.257 e. The lowest BCUT2D eigenvalue weighted by Gasteiger charge is -2.35. The van der Waals surface area contributed by atoms with Crippen LogP contribution >= 0.6 is 0 Å². The molecule has 4 heterocycles. The van der Waals surface area contributed by atoms with Crippen LogP contribution in [-0.4, -0.2) is 57.8 Å². The molecule has 1 N–H and O–H groups in total. The molecular weight excluding hydrogens is 397 g/mol. The maximum absolute atomic E-state index is 14.9. The summed E-state index contributed by atoms with van der Waals surface area (Å²) >= 11 is 0. The first-order valence-electron chi connectivity index (χ1n) is 9.73. The average Bonchev–Trinajstić information content (AvgIpc) is 3.38. The Balaban J connectivity index is 0.000000230. The van der Waals surface area contributed by atoms with E-state index in [2.05, 4.69) is 5.10 Å². The van der Waals surface area contributed by atoms with Gasteiger partial charge in [0.25, 0.3) is 5.91 Å². The lowest BCUT2D eigenvalue weighted by Crippen LogP contribution is -2.53. The molecule has 2 saturated heterocycles. The highest BCUT2D eigenvalue weighted by Gasteiger charge is 2.32. The SMILES string of the molecule is Fc1ccc(F)cc1.O=C(c1cnn2ccc(N3CCCC3)c(F)c12)N1CC(O)C1. The van der Waals surface area contributed by atoms with Crippen LogP contribution in [0.3, 0.4) is 0 Å². The lowest BCUT2D eigenvalue weighted by molar-refractivity contribution is 0.00601. The molecule has 2 aliphatic rings. The molecule has 2 fully saturated rings. The second-order valence-electron chi connectivity index (χ2n) is 7.36. The molecule has 1 aromatic carbocycles. The third kappa shape index (κ3) is 3.97. The quantitative estimate of drug-likeness (QED) is 0.695. The summed E-state index contributed by atoms with van der Waals surface area (Å²) in [5.41, 5.74) is 1.00. The maximum atomic E-state index is 14.9. The van der Waals surface area contributed by atoms with Gasteiger partial charge in [0.05, 0.1) is 23.6 Å². The van der Waals surface area contributed by atoms with E-state index in [0.717, 1.165) is 50.2 Å². The van der Waals surface area contributed by atoms with Gasteiger partial charge in [0.15, 0.2) is 5.82 Å². The monoisotopic (exact) mass is 418 g/mol. The van der Waals surface area contributed by atoms with Gasteiger partial charge in [0.2, 0.25) is 0 Å². The van der Waals surface area contributed by atoms with Gasteiger partial charge in [-0.05, 0) is 43.2 Å². The van der Waals surface area contributed by atoms with Crippen LogP contribution in [0, 0.1) is 17.5 Å². The van der Waals surface area contributed by atoms with E-state index >= 15 is 0 Å². The van der Waals surface area contributed by atoms with E-state index in [9.17, 15) is 23.1 Å². The fourth-order valence-corrected chi connectivity index (χ4v) is 3.61. The summed E-state index contributed by atoms with van der Waals surface area (Å²) in [4.78, 5) is 15.9. The van der Waals surface area contributed by atoms with Gasteiger partial charge in [-0.2, -0.15) is 5.10 Å². The summed E-state index contributed by atoms with van der Waals surface area (Å²) in [6.07, 6.45) is 4.73. The molecule has 158 valence electrons. The van der Waals surface area contributed by atoms with Crippen molar-refractivity contribution in [3.05, 3.63) is 65.7 Å². The molecule has 6 nitrogen and oxygen atoms in total. The number of β-amino-alcohol motifs (C(OH)–C–C–N with tert-alkyl or cyclic N) is 1. The molecule has 1 amide bonds. The van der Waals surface area contributed by atoms with Crippen LogP contribution in [0.25, 0.3) is 5.52 Å². The molecule has 0 spiro atoms. The lowest BCUT2D eigenvalue weighted by atomic mass is 10.1. The number of aromatic nitrogens is 2. The van der Waals surface area contributed by atoms with Crippen molar-refractivity contribution >= 4 is 17.1 Å². The fourth-order valence-electron chi connectivity index (χ4n) is 3.61. The number of likely N-dealkylation sites (tertiary alicyclic amines) is 1. The van der Waals surface area contributed by atoms with Crippen molar-refractivity contribution in [3.63, 3.8) is 0 Å². The second-order valence-corrected chi connectivity index (χ2v) is 7.36. The van der Waals surface area contributed by atoms with Crippen LogP contribution < -0.4 is 4.90 Å². The minimum atomic E-state index is -0.476.